The van der Waals surface area contributed by atoms with Gasteiger partial charge in [-0.3, -0.25) is 0 Å². The van der Waals surface area contributed by atoms with E-state index in [1.165, 1.54) is 7.11 Å². The number of hydrogen-bond donors (Lipinski definition) is 1. The molecule has 0 radical (unpaired) electrons. The maximum absolute atomic E-state index is 11.6. The SMILES string of the molecule is COC(=O)c1cc(-n2nc(C)cc2C)ccc1N. The molecule has 18 heavy (non-hydrogen) atoms. The fourth-order valence-electron chi connectivity index (χ4n) is 1.85. The molecule has 2 rings (SSSR count). The van der Waals surface area contributed by atoms with E-state index in [-0.39, 0.29) is 0 Å². The Hall–Kier alpha value is -2.30. The van der Waals surface area contributed by atoms with Gasteiger partial charge in [0.15, 0.2) is 0 Å². The zero-order valence-electron chi connectivity index (χ0n) is 10.6. The molecule has 2 N–H and O–H groups in total. The van der Waals surface area contributed by atoms with Gasteiger partial charge in [-0.2, -0.15) is 5.10 Å². The van der Waals surface area contributed by atoms with E-state index in [1.807, 2.05) is 26.0 Å². The number of methoxy groups -OCH3 is 1. The van der Waals surface area contributed by atoms with Crippen molar-refractivity contribution in [2.75, 3.05) is 12.8 Å². The summed E-state index contributed by atoms with van der Waals surface area (Å²) in [4.78, 5) is 11.6. The monoisotopic (exact) mass is 245 g/mol. The average Bonchev–Trinajstić information content (AvgIpc) is 2.68. The van der Waals surface area contributed by atoms with Crippen LogP contribution in [0.1, 0.15) is 21.7 Å². The summed E-state index contributed by atoms with van der Waals surface area (Å²) in [5, 5.41) is 4.36. The minimum Gasteiger partial charge on any atom is -0.465 e. The van der Waals surface area contributed by atoms with Gasteiger partial charge < -0.3 is 10.5 Å². The van der Waals surface area contributed by atoms with Crippen LogP contribution in [0.4, 0.5) is 5.69 Å². The number of anilines is 1. The van der Waals surface area contributed by atoms with Gasteiger partial charge >= 0.3 is 5.97 Å². The lowest BCUT2D eigenvalue weighted by atomic mass is 10.1. The van der Waals surface area contributed by atoms with Crippen molar-refractivity contribution in [3.8, 4) is 5.69 Å². The fraction of sp³-hybridized carbons (Fsp3) is 0.231. The van der Waals surface area contributed by atoms with Gasteiger partial charge in [0.05, 0.1) is 24.1 Å². The van der Waals surface area contributed by atoms with Crippen LogP contribution >= 0.6 is 0 Å². The van der Waals surface area contributed by atoms with Gasteiger partial charge in [-0.25, -0.2) is 9.48 Å². The molecule has 1 heterocycles. The highest BCUT2D eigenvalue weighted by atomic mass is 16.5. The van der Waals surface area contributed by atoms with Crippen LogP contribution in [-0.2, 0) is 4.74 Å². The summed E-state index contributed by atoms with van der Waals surface area (Å²) in [5.74, 6) is -0.448. The molecule has 0 amide bonds. The predicted molar refractivity (Wildman–Crippen MR) is 68.8 cm³/mol. The Labute approximate surface area is 105 Å². The first kappa shape index (κ1) is 12.2. The lowest BCUT2D eigenvalue weighted by molar-refractivity contribution is 0.0602. The first-order valence-corrected chi connectivity index (χ1v) is 5.54. The van der Waals surface area contributed by atoms with Gasteiger partial charge in [-0.1, -0.05) is 0 Å². The molecular weight excluding hydrogens is 230 g/mol. The number of ether oxygens (including phenoxy) is 1. The van der Waals surface area contributed by atoms with E-state index in [0.29, 0.717) is 11.3 Å². The quantitative estimate of drug-likeness (QED) is 0.647. The van der Waals surface area contributed by atoms with Gasteiger partial charge in [-0.05, 0) is 38.1 Å². The smallest absolute Gasteiger partial charge is 0.340 e. The van der Waals surface area contributed by atoms with Crippen molar-refractivity contribution in [1.29, 1.82) is 0 Å². The molecule has 2 aromatic rings. The van der Waals surface area contributed by atoms with Crippen molar-refractivity contribution in [1.82, 2.24) is 9.78 Å². The van der Waals surface area contributed by atoms with Crippen LogP contribution in [0.5, 0.6) is 0 Å². The molecule has 1 aromatic heterocycles. The lowest BCUT2D eigenvalue weighted by Gasteiger charge is -2.08. The molecular formula is C13H15N3O2. The second-order valence-electron chi connectivity index (χ2n) is 4.10. The van der Waals surface area contributed by atoms with E-state index in [2.05, 4.69) is 5.10 Å². The van der Waals surface area contributed by atoms with Crippen LogP contribution in [0.15, 0.2) is 24.3 Å². The summed E-state index contributed by atoms with van der Waals surface area (Å²) in [7, 11) is 1.33. The molecule has 0 bridgehead atoms. The molecule has 94 valence electrons. The maximum atomic E-state index is 11.6. The highest BCUT2D eigenvalue weighted by Gasteiger charge is 2.12. The Morgan fingerprint density at radius 2 is 2.06 bits per heavy atom. The predicted octanol–water partition coefficient (Wildman–Crippen LogP) is 1.86. The summed E-state index contributed by atoms with van der Waals surface area (Å²) in [5.41, 5.74) is 9.20. The van der Waals surface area contributed by atoms with Crippen molar-refractivity contribution >= 4 is 11.7 Å². The van der Waals surface area contributed by atoms with Crippen LogP contribution in [-0.4, -0.2) is 22.9 Å². The third-order valence-corrected chi connectivity index (χ3v) is 2.70. The zero-order valence-corrected chi connectivity index (χ0v) is 10.6. The van der Waals surface area contributed by atoms with E-state index in [9.17, 15) is 4.79 Å². The van der Waals surface area contributed by atoms with Crippen LogP contribution in [0, 0.1) is 13.8 Å². The molecule has 0 fully saturated rings. The number of benzene rings is 1. The molecule has 0 saturated heterocycles. The van der Waals surface area contributed by atoms with Gasteiger partial charge in [0.25, 0.3) is 0 Å². The number of aromatic nitrogens is 2. The molecule has 5 heteroatoms. The van der Waals surface area contributed by atoms with Crippen molar-refractivity contribution in [3.63, 3.8) is 0 Å². The number of hydrogen-bond acceptors (Lipinski definition) is 4. The van der Waals surface area contributed by atoms with Gasteiger partial charge in [0.1, 0.15) is 0 Å². The molecule has 0 atom stereocenters. The number of rotatable bonds is 2. The molecule has 0 saturated carbocycles. The van der Waals surface area contributed by atoms with Crippen LogP contribution in [0.2, 0.25) is 0 Å². The zero-order chi connectivity index (χ0) is 13.3. The van der Waals surface area contributed by atoms with Gasteiger partial charge in [0, 0.05) is 11.4 Å². The third kappa shape index (κ3) is 2.07. The number of nitrogen functional groups attached to an aromatic ring is 1. The minimum absolute atomic E-state index is 0.350. The minimum atomic E-state index is -0.448. The largest absolute Gasteiger partial charge is 0.465 e. The van der Waals surface area contributed by atoms with E-state index < -0.39 is 5.97 Å². The molecule has 0 unspecified atom stereocenters. The third-order valence-electron chi connectivity index (χ3n) is 2.70. The van der Waals surface area contributed by atoms with Crippen molar-refractivity contribution < 1.29 is 9.53 Å². The summed E-state index contributed by atoms with van der Waals surface area (Å²) >= 11 is 0. The standard InChI is InChI=1S/C13H15N3O2/c1-8-6-9(2)16(15-8)10-4-5-12(14)11(7-10)13(17)18-3/h4-7H,14H2,1-3H3. The van der Waals surface area contributed by atoms with E-state index in [1.54, 1.807) is 16.8 Å². The number of carbonyl (C=O) groups is 1. The van der Waals surface area contributed by atoms with Crippen molar-refractivity contribution in [2.45, 2.75) is 13.8 Å². The molecule has 1 aromatic carbocycles. The van der Waals surface area contributed by atoms with Crippen LogP contribution in [0.25, 0.3) is 5.69 Å². The molecule has 0 aliphatic carbocycles. The highest BCUT2D eigenvalue weighted by molar-refractivity contribution is 5.95. The van der Waals surface area contributed by atoms with E-state index in [0.717, 1.165) is 17.1 Å². The lowest BCUT2D eigenvalue weighted by Crippen LogP contribution is -2.08. The molecule has 0 aliphatic rings. The normalized spacial score (nSPS) is 10.4. The number of aryl methyl sites for hydroxylation is 2. The Morgan fingerprint density at radius 3 is 2.61 bits per heavy atom. The number of carbonyl (C=O) groups excluding carboxylic acids is 1. The summed E-state index contributed by atoms with van der Waals surface area (Å²) in [6.07, 6.45) is 0. The number of nitrogens with zero attached hydrogens (tertiary/aromatic N) is 2. The van der Waals surface area contributed by atoms with E-state index in [4.69, 9.17) is 10.5 Å². The molecule has 0 aliphatic heterocycles. The summed E-state index contributed by atoms with van der Waals surface area (Å²) in [6, 6.07) is 7.15. The van der Waals surface area contributed by atoms with Crippen LogP contribution in [0.3, 0.4) is 0 Å². The first-order valence-electron chi connectivity index (χ1n) is 5.54. The van der Waals surface area contributed by atoms with Gasteiger partial charge in [-0.15, -0.1) is 0 Å². The second kappa shape index (κ2) is 4.52. The first-order chi connectivity index (χ1) is 8.52. The van der Waals surface area contributed by atoms with Crippen LogP contribution < -0.4 is 5.73 Å². The van der Waals surface area contributed by atoms with Crippen molar-refractivity contribution in [2.24, 2.45) is 0 Å². The summed E-state index contributed by atoms with van der Waals surface area (Å²) < 4.78 is 6.46. The molecule has 0 spiro atoms. The Kier molecular flexibility index (Phi) is 3.06. The average molecular weight is 245 g/mol. The Bertz CT molecular complexity index is 602. The Balaban J connectivity index is 2.53. The van der Waals surface area contributed by atoms with E-state index >= 15 is 0 Å². The van der Waals surface area contributed by atoms with Gasteiger partial charge in [0.2, 0.25) is 0 Å². The second-order valence-corrected chi connectivity index (χ2v) is 4.10. The topological polar surface area (TPSA) is 70.1 Å². The fourth-order valence-corrected chi connectivity index (χ4v) is 1.85. The highest BCUT2D eigenvalue weighted by Crippen LogP contribution is 2.19. The summed E-state index contributed by atoms with van der Waals surface area (Å²) in [6.45, 7) is 3.87. The number of nitrogens with two attached hydrogens (primary N) is 1. The molecule has 5 nitrogen and oxygen atoms in total. The Morgan fingerprint density at radius 1 is 1.33 bits per heavy atom. The maximum Gasteiger partial charge on any atom is 0.340 e. The van der Waals surface area contributed by atoms with Crippen molar-refractivity contribution in [3.05, 3.63) is 41.2 Å². The number of esters is 1.